The number of aromatic nitrogens is 1. The zero-order valence-corrected chi connectivity index (χ0v) is 15.1. The Morgan fingerprint density at radius 1 is 1.31 bits per heavy atom. The summed E-state index contributed by atoms with van der Waals surface area (Å²) in [6.07, 6.45) is 5.01. The Balaban J connectivity index is 1.58. The van der Waals surface area contributed by atoms with E-state index < -0.39 is 0 Å². The maximum Gasteiger partial charge on any atom is 0.258 e. The maximum atomic E-state index is 12.8. The quantitative estimate of drug-likeness (QED) is 0.924. The van der Waals surface area contributed by atoms with Gasteiger partial charge in [-0.25, -0.2) is 0 Å². The lowest BCUT2D eigenvalue weighted by atomic mass is 9.82. The van der Waals surface area contributed by atoms with Crippen LogP contribution in [0.4, 0.5) is 0 Å². The predicted octanol–water partition coefficient (Wildman–Crippen LogP) is 1.96. The fourth-order valence-corrected chi connectivity index (χ4v) is 4.68. The largest absolute Gasteiger partial charge is 0.330 e. The number of quaternary nitrogens is 1. The Morgan fingerprint density at radius 2 is 2.19 bits per heavy atom. The van der Waals surface area contributed by atoms with Crippen LogP contribution in [0.15, 0.2) is 47.3 Å². The fourth-order valence-electron chi connectivity index (χ4n) is 4.68. The molecule has 26 heavy (non-hydrogen) atoms. The van der Waals surface area contributed by atoms with Gasteiger partial charge in [0, 0.05) is 35.2 Å². The van der Waals surface area contributed by atoms with Gasteiger partial charge >= 0.3 is 0 Å². The van der Waals surface area contributed by atoms with E-state index in [1.807, 2.05) is 47.9 Å². The zero-order valence-electron chi connectivity index (χ0n) is 15.1. The van der Waals surface area contributed by atoms with Gasteiger partial charge in [-0.1, -0.05) is 24.3 Å². The number of fused-ring (bicyclic) bond motifs is 4. The lowest BCUT2D eigenvalue weighted by Crippen LogP contribution is -3.13. The van der Waals surface area contributed by atoms with Crippen LogP contribution in [0.3, 0.4) is 0 Å². The van der Waals surface area contributed by atoms with E-state index in [-0.39, 0.29) is 5.56 Å². The molecule has 0 spiro atoms. The second kappa shape index (κ2) is 6.93. The number of piperidine rings is 1. The Bertz CT molecular complexity index is 951. The van der Waals surface area contributed by atoms with Gasteiger partial charge < -0.3 is 9.47 Å². The Morgan fingerprint density at radius 3 is 3.00 bits per heavy atom. The third kappa shape index (κ3) is 3.11. The highest BCUT2D eigenvalue weighted by molar-refractivity contribution is 5.48. The van der Waals surface area contributed by atoms with Crippen LogP contribution >= 0.6 is 0 Å². The molecule has 2 aliphatic rings. The summed E-state index contributed by atoms with van der Waals surface area (Å²) in [4.78, 5) is 14.3. The summed E-state index contributed by atoms with van der Waals surface area (Å²) in [7, 11) is 0. The highest BCUT2D eigenvalue weighted by Gasteiger charge is 2.37. The summed E-state index contributed by atoms with van der Waals surface area (Å²) in [5.74, 6) is 0.998. The van der Waals surface area contributed by atoms with Crippen molar-refractivity contribution >= 4 is 6.08 Å². The second-order valence-electron chi connectivity index (χ2n) is 7.58. The monoisotopic (exact) mass is 346 g/mol. The molecule has 1 saturated heterocycles. The second-order valence-corrected chi connectivity index (χ2v) is 7.58. The van der Waals surface area contributed by atoms with Gasteiger partial charge in [-0.15, -0.1) is 0 Å². The smallest absolute Gasteiger partial charge is 0.258 e. The molecule has 0 aliphatic carbocycles. The summed E-state index contributed by atoms with van der Waals surface area (Å²) in [5.41, 5.74) is 4.09. The van der Waals surface area contributed by atoms with Crippen molar-refractivity contribution < 1.29 is 4.90 Å². The number of rotatable bonds is 3. The minimum atomic E-state index is 0.153. The van der Waals surface area contributed by atoms with Gasteiger partial charge in [-0.3, -0.25) is 4.79 Å². The molecule has 2 aliphatic heterocycles. The lowest BCUT2D eigenvalue weighted by molar-refractivity contribution is -0.924. The first kappa shape index (κ1) is 16.8. The molecule has 1 unspecified atom stereocenters. The maximum absolute atomic E-state index is 12.8. The summed E-state index contributed by atoms with van der Waals surface area (Å²) in [6, 6.07) is 14.3. The first-order valence-corrected chi connectivity index (χ1v) is 9.37. The molecule has 0 amide bonds. The van der Waals surface area contributed by atoms with E-state index >= 15 is 0 Å². The van der Waals surface area contributed by atoms with Crippen LogP contribution in [-0.4, -0.2) is 17.7 Å². The number of hydrogen-bond donors (Lipinski definition) is 1. The third-order valence-corrected chi connectivity index (χ3v) is 5.68. The van der Waals surface area contributed by atoms with Crippen LogP contribution in [0.1, 0.15) is 41.6 Å². The van der Waals surface area contributed by atoms with Gasteiger partial charge in [-0.05, 0) is 37.6 Å². The first-order valence-electron chi connectivity index (χ1n) is 9.37. The molecule has 1 aromatic carbocycles. The molecule has 1 fully saturated rings. The normalized spacial score (nSPS) is 24.2. The van der Waals surface area contributed by atoms with Crippen molar-refractivity contribution in [3.63, 3.8) is 0 Å². The molecule has 1 N–H and O–H groups in total. The van der Waals surface area contributed by atoms with Crippen molar-refractivity contribution in [2.75, 3.05) is 13.1 Å². The number of likely N-dealkylation sites (tertiary alicyclic amines) is 1. The van der Waals surface area contributed by atoms with E-state index in [0.29, 0.717) is 11.8 Å². The summed E-state index contributed by atoms with van der Waals surface area (Å²) < 4.78 is 2.02. The topological polar surface area (TPSA) is 50.2 Å². The summed E-state index contributed by atoms with van der Waals surface area (Å²) >= 11 is 0. The van der Waals surface area contributed by atoms with Gasteiger partial charge in [0.25, 0.3) is 5.56 Å². The van der Waals surface area contributed by atoms with Crippen LogP contribution in [0.5, 0.6) is 0 Å². The van der Waals surface area contributed by atoms with Crippen molar-refractivity contribution in [2.24, 2.45) is 5.92 Å². The van der Waals surface area contributed by atoms with Gasteiger partial charge in [0.1, 0.15) is 6.54 Å². The fraction of sp³-hybridized carbons (Fsp3) is 0.364. The number of nitrogens with zero attached hydrogens (tertiary/aromatic N) is 2. The minimum Gasteiger partial charge on any atom is -0.330 e. The van der Waals surface area contributed by atoms with Crippen LogP contribution < -0.4 is 10.5 Å². The molecule has 4 rings (SSSR count). The Hall–Kier alpha value is -2.64. The Labute approximate surface area is 154 Å². The van der Waals surface area contributed by atoms with Crippen LogP contribution in [0, 0.1) is 17.2 Å². The van der Waals surface area contributed by atoms with E-state index in [2.05, 4.69) is 18.2 Å². The van der Waals surface area contributed by atoms with Crippen molar-refractivity contribution in [2.45, 2.75) is 32.4 Å². The highest BCUT2D eigenvalue weighted by Crippen LogP contribution is 2.30. The first-order chi connectivity index (χ1) is 12.7. The van der Waals surface area contributed by atoms with Crippen molar-refractivity contribution in [1.82, 2.24) is 4.57 Å². The number of benzene rings is 1. The van der Waals surface area contributed by atoms with Gasteiger partial charge in [0.15, 0.2) is 0 Å². The number of nitrogens with one attached hydrogen (secondary N) is 1. The average Bonchev–Trinajstić information content (AvgIpc) is 2.65. The summed E-state index contributed by atoms with van der Waals surface area (Å²) in [5, 5.41) is 9.10. The third-order valence-electron chi connectivity index (χ3n) is 5.68. The molecule has 3 heterocycles. The van der Waals surface area contributed by atoms with E-state index in [0.717, 1.165) is 37.3 Å². The molecule has 2 bridgehead atoms. The SMILES string of the molecule is C/C=C/c1ccc2n(c1=O)C[C@H]1C[C@@H]2C[NH+](Cc2cccc(C#N)c2)C1. The van der Waals surface area contributed by atoms with Crippen molar-refractivity contribution in [1.29, 1.82) is 5.26 Å². The molecule has 0 radical (unpaired) electrons. The standard InChI is InChI=1S/C22H23N3O/c1-2-4-19-7-8-21-20-10-18(14-25(21)22(19)26)13-24(15-20)12-17-6-3-5-16(9-17)11-23/h2-9,18,20H,10,12-15H2,1H3/p+1/b4-2+/t18-,20+/m0/s1. The van der Waals surface area contributed by atoms with E-state index in [9.17, 15) is 4.79 Å². The van der Waals surface area contributed by atoms with Gasteiger partial charge in [0.05, 0.1) is 24.7 Å². The minimum absolute atomic E-state index is 0.153. The Kier molecular flexibility index (Phi) is 4.48. The number of hydrogen-bond acceptors (Lipinski definition) is 2. The zero-order chi connectivity index (χ0) is 18.1. The summed E-state index contributed by atoms with van der Waals surface area (Å²) in [6.45, 7) is 5.87. The van der Waals surface area contributed by atoms with Gasteiger partial charge in [-0.2, -0.15) is 5.26 Å². The average molecular weight is 346 g/mol. The number of nitriles is 1. The van der Waals surface area contributed by atoms with E-state index in [1.54, 1.807) is 4.90 Å². The van der Waals surface area contributed by atoms with Crippen molar-refractivity contribution in [3.05, 3.63) is 75.2 Å². The number of pyridine rings is 1. The molecular formula is C22H24N3O+. The molecule has 2 aromatic rings. The van der Waals surface area contributed by atoms with Crippen LogP contribution in [-0.2, 0) is 13.1 Å². The lowest BCUT2D eigenvalue weighted by Gasteiger charge is -2.40. The number of allylic oxidation sites excluding steroid dienone is 1. The van der Waals surface area contributed by atoms with Crippen molar-refractivity contribution in [3.8, 4) is 6.07 Å². The van der Waals surface area contributed by atoms with E-state index in [1.165, 1.54) is 17.7 Å². The highest BCUT2D eigenvalue weighted by atomic mass is 16.1. The predicted molar refractivity (Wildman–Crippen MR) is 102 cm³/mol. The molecule has 1 aromatic heterocycles. The van der Waals surface area contributed by atoms with Crippen LogP contribution in [0.2, 0.25) is 0 Å². The molecule has 4 heteroatoms. The molecular weight excluding hydrogens is 322 g/mol. The molecule has 4 nitrogen and oxygen atoms in total. The van der Waals surface area contributed by atoms with Crippen LogP contribution in [0.25, 0.3) is 6.08 Å². The molecule has 3 atom stereocenters. The molecule has 132 valence electrons. The van der Waals surface area contributed by atoms with Gasteiger partial charge in [0.2, 0.25) is 0 Å². The van der Waals surface area contributed by atoms with E-state index in [4.69, 9.17) is 5.26 Å². The molecule has 0 saturated carbocycles.